The first-order chi connectivity index (χ1) is 12.6. The standard InChI is InChI=1S/C19H19BrN2O3S/c1-3-8-25-18-13(20)9-12(10-15(18)24-2)19(23)21-11-17-22-14-6-4-5-7-16(14)26-17/h4-7,9-10H,3,8,11H2,1-2H3,(H,21,23). The van der Waals surface area contributed by atoms with E-state index in [2.05, 4.69) is 26.2 Å². The Morgan fingerprint density at radius 2 is 2.12 bits per heavy atom. The van der Waals surface area contributed by atoms with Crippen molar-refractivity contribution < 1.29 is 14.3 Å². The highest BCUT2D eigenvalue weighted by atomic mass is 79.9. The number of fused-ring (bicyclic) bond motifs is 1. The highest BCUT2D eigenvalue weighted by molar-refractivity contribution is 9.10. The highest BCUT2D eigenvalue weighted by Crippen LogP contribution is 2.36. The van der Waals surface area contributed by atoms with Gasteiger partial charge in [-0.2, -0.15) is 0 Å². The predicted molar refractivity (Wildman–Crippen MR) is 107 cm³/mol. The fourth-order valence-corrected chi connectivity index (χ4v) is 3.91. The monoisotopic (exact) mass is 434 g/mol. The van der Waals surface area contributed by atoms with Crippen molar-refractivity contribution >= 4 is 43.4 Å². The number of rotatable bonds is 7. The van der Waals surface area contributed by atoms with Crippen LogP contribution in [-0.2, 0) is 6.54 Å². The van der Waals surface area contributed by atoms with E-state index in [1.54, 1.807) is 30.6 Å². The number of para-hydroxylation sites is 1. The minimum Gasteiger partial charge on any atom is -0.493 e. The Morgan fingerprint density at radius 3 is 2.85 bits per heavy atom. The maximum atomic E-state index is 12.5. The summed E-state index contributed by atoms with van der Waals surface area (Å²) in [6.07, 6.45) is 0.889. The van der Waals surface area contributed by atoms with Crippen LogP contribution in [0.25, 0.3) is 10.2 Å². The van der Waals surface area contributed by atoms with E-state index in [0.717, 1.165) is 21.6 Å². The largest absolute Gasteiger partial charge is 0.493 e. The van der Waals surface area contributed by atoms with Gasteiger partial charge in [-0.15, -0.1) is 11.3 Å². The number of benzene rings is 2. The maximum absolute atomic E-state index is 12.5. The summed E-state index contributed by atoms with van der Waals surface area (Å²) in [5, 5.41) is 3.78. The molecule has 0 unspecified atom stereocenters. The van der Waals surface area contributed by atoms with Gasteiger partial charge in [0.2, 0.25) is 0 Å². The lowest BCUT2D eigenvalue weighted by Crippen LogP contribution is -2.22. The van der Waals surface area contributed by atoms with Crippen LogP contribution in [0, 0.1) is 0 Å². The first kappa shape index (κ1) is 18.7. The van der Waals surface area contributed by atoms with Crippen molar-refractivity contribution in [3.8, 4) is 11.5 Å². The van der Waals surface area contributed by atoms with E-state index in [1.807, 2.05) is 31.2 Å². The third-order valence-corrected chi connectivity index (χ3v) is 5.31. The van der Waals surface area contributed by atoms with Crippen molar-refractivity contribution in [1.82, 2.24) is 10.3 Å². The number of carbonyl (C=O) groups excluding carboxylic acids is 1. The number of hydrogen-bond acceptors (Lipinski definition) is 5. The van der Waals surface area contributed by atoms with Gasteiger partial charge in [-0.05, 0) is 46.6 Å². The van der Waals surface area contributed by atoms with Crippen LogP contribution in [0.15, 0.2) is 40.9 Å². The molecule has 0 bridgehead atoms. The Balaban J connectivity index is 1.73. The van der Waals surface area contributed by atoms with Crippen molar-refractivity contribution in [1.29, 1.82) is 0 Å². The van der Waals surface area contributed by atoms with Crippen LogP contribution in [0.3, 0.4) is 0 Å². The van der Waals surface area contributed by atoms with Gasteiger partial charge in [0.05, 0.1) is 35.0 Å². The summed E-state index contributed by atoms with van der Waals surface area (Å²) in [5.41, 5.74) is 1.45. The SMILES string of the molecule is CCCOc1c(Br)cc(C(=O)NCc2nc3ccccc3s2)cc1OC. The molecule has 26 heavy (non-hydrogen) atoms. The van der Waals surface area contributed by atoms with Gasteiger partial charge in [0, 0.05) is 5.56 Å². The summed E-state index contributed by atoms with van der Waals surface area (Å²) in [7, 11) is 1.56. The van der Waals surface area contributed by atoms with Gasteiger partial charge in [0.15, 0.2) is 11.5 Å². The maximum Gasteiger partial charge on any atom is 0.251 e. The van der Waals surface area contributed by atoms with Gasteiger partial charge < -0.3 is 14.8 Å². The average molecular weight is 435 g/mol. The smallest absolute Gasteiger partial charge is 0.251 e. The molecule has 0 spiro atoms. The summed E-state index contributed by atoms with van der Waals surface area (Å²) < 4.78 is 12.9. The fourth-order valence-electron chi connectivity index (χ4n) is 2.45. The molecule has 0 radical (unpaired) electrons. The van der Waals surface area contributed by atoms with E-state index >= 15 is 0 Å². The van der Waals surface area contributed by atoms with Crippen molar-refractivity contribution in [3.63, 3.8) is 0 Å². The molecule has 5 nitrogen and oxygen atoms in total. The van der Waals surface area contributed by atoms with Crippen LogP contribution < -0.4 is 14.8 Å². The van der Waals surface area contributed by atoms with Crippen LogP contribution in [0.1, 0.15) is 28.7 Å². The molecule has 0 aliphatic rings. The van der Waals surface area contributed by atoms with Crippen LogP contribution in [0.4, 0.5) is 0 Å². The lowest BCUT2D eigenvalue weighted by molar-refractivity contribution is 0.0950. The van der Waals surface area contributed by atoms with Gasteiger partial charge in [-0.1, -0.05) is 19.1 Å². The Kier molecular flexibility index (Phi) is 6.11. The topological polar surface area (TPSA) is 60.5 Å². The van der Waals surface area contributed by atoms with E-state index in [-0.39, 0.29) is 5.91 Å². The van der Waals surface area contributed by atoms with E-state index in [9.17, 15) is 4.79 Å². The molecule has 0 aliphatic heterocycles. The molecule has 0 saturated carbocycles. The van der Waals surface area contributed by atoms with Crippen LogP contribution >= 0.6 is 27.3 Å². The van der Waals surface area contributed by atoms with Crippen molar-refractivity contribution in [2.24, 2.45) is 0 Å². The molecule has 0 fully saturated rings. The number of nitrogens with zero attached hydrogens (tertiary/aromatic N) is 1. The zero-order chi connectivity index (χ0) is 18.5. The number of carbonyl (C=O) groups is 1. The normalized spacial score (nSPS) is 10.7. The second-order valence-electron chi connectivity index (χ2n) is 5.60. The quantitative estimate of drug-likeness (QED) is 0.580. The minimum atomic E-state index is -0.190. The second-order valence-corrected chi connectivity index (χ2v) is 7.57. The summed E-state index contributed by atoms with van der Waals surface area (Å²) in [6, 6.07) is 11.3. The first-order valence-electron chi connectivity index (χ1n) is 8.25. The number of ether oxygens (including phenoxy) is 2. The number of aromatic nitrogens is 1. The Labute approximate surface area is 164 Å². The zero-order valence-corrected chi connectivity index (χ0v) is 16.9. The molecule has 1 N–H and O–H groups in total. The molecule has 136 valence electrons. The average Bonchev–Trinajstić information content (AvgIpc) is 3.07. The number of amides is 1. The van der Waals surface area contributed by atoms with Gasteiger partial charge in [-0.25, -0.2) is 4.98 Å². The number of nitrogens with one attached hydrogen (secondary N) is 1. The molecule has 1 amide bonds. The summed E-state index contributed by atoms with van der Waals surface area (Å²) in [4.78, 5) is 17.1. The molecule has 7 heteroatoms. The molecular formula is C19H19BrN2O3S. The molecule has 0 atom stereocenters. The lowest BCUT2D eigenvalue weighted by Gasteiger charge is -2.13. The lowest BCUT2D eigenvalue weighted by atomic mass is 10.2. The molecule has 3 rings (SSSR count). The summed E-state index contributed by atoms with van der Waals surface area (Å²) in [6.45, 7) is 2.99. The third kappa shape index (κ3) is 4.16. The van der Waals surface area contributed by atoms with Gasteiger partial charge >= 0.3 is 0 Å². The number of hydrogen-bond donors (Lipinski definition) is 1. The van der Waals surface area contributed by atoms with E-state index in [0.29, 0.717) is 34.7 Å². The highest BCUT2D eigenvalue weighted by Gasteiger charge is 2.16. The van der Waals surface area contributed by atoms with Crippen LogP contribution in [-0.4, -0.2) is 24.6 Å². The minimum absolute atomic E-state index is 0.190. The molecule has 0 saturated heterocycles. The Morgan fingerprint density at radius 1 is 1.31 bits per heavy atom. The third-order valence-electron chi connectivity index (χ3n) is 3.68. The predicted octanol–water partition coefficient (Wildman–Crippen LogP) is 4.79. The zero-order valence-electron chi connectivity index (χ0n) is 14.5. The summed E-state index contributed by atoms with van der Waals surface area (Å²) >= 11 is 5.04. The number of halogens is 1. The van der Waals surface area contributed by atoms with Crippen molar-refractivity contribution in [2.75, 3.05) is 13.7 Å². The van der Waals surface area contributed by atoms with E-state index in [1.165, 1.54) is 0 Å². The molecule has 2 aromatic carbocycles. The Bertz CT molecular complexity index is 893. The molecule has 0 aliphatic carbocycles. The number of thiazole rings is 1. The van der Waals surface area contributed by atoms with Crippen molar-refractivity contribution in [2.45, 2.75) is 19.9 Å². The molecule has 1 heterocycles. The van der Waals surface area contributed by atoms with Crippen LogP contribution in [0.5, 0.6) is 11.5 Å². The molecule has 3 aromatic rings. The first-order valence-corrected chi connectivity index (χ1v) is 9.86. The van der Waals surface area contributed by atoms with Crippen LogP contribution in [0.2, 0.25) is 0 Å². The van der Waals surface area contributed by atoms with Crippen molar-refractivity contribution in [3.05, 3.63) is 51.4 Å². The van der Waals surface area contributed by atoms with Gasteiger partial charge in [0.25, 0.3) is 5.91 Å². The molecule has 1 aromatic heterocycles. The van der Waals surface area contributed by atoms with E-state index in [4.69, 9.17) is 9.47 Å². The Hall–Kier alpha value is -2.12. The van der Waals surface area contributed by atoms with Gasteiger partial charge in [0.1, 0.15) is 5.01 Å². The van der Waals surface area contributed by atoms with E-state index < -0.39 is 0 Å². The summed E-state index contributed by atoms with van der Waals surface area (Å²) in [5.74, 6) is 0.945. The van der Waals surface area contributed by atoms with Gasteiger partial charge in [-0.3, -0.25) is 4.79 Å². The second kappa shape index (κ2) is 8.51. The number of methoxy groups -OCH3 is 1. The fraction of sp³-hybridized carbons (Fsp3) is 0.263. The molecular weight excluding hydrogens is 416 g/mol.